The van der Waals surface area contributed by atoms with E-state index in [1.54, 1.807) is 24.3 Å². The lowest BCUT2D eigenvalue weighted by Gasteiger charge is -2.19. The number of halogens is 2. The number of hydrogen-bond donors (Lipinski definition) is 2. The minimum Gasteiger partial charge on any atom is -0.490 e. The molecule has 1 amide bonds. The van der Waals surface area contributed by atoms with E-state index in [0.717, 1.165) is 24.9 Å². The second-order valence-corrected chi connectivity index (χ2v) is 7.00. The molecule has 6 heteroatoms. The van der Waals surface area contributed by atoms with Gasteiger partial charge in [-0.2, -0.15) is 0 Å². The Morgan fingerprint density at radius 2 is 2.00 bits per heavy atom. The fraction of sp³-hybridized carbons (Fsp3) is 0.381. The minimum atomic E-state index is -0.324. The Balaban J connectivity index is 0.00000210. The van der Waals surface area contributed by atoms with Gasteiger partial charge in [0.25, 0.3) is 5.91 Å². The summed E-state index contributed by atoms with van der Waals surface area (Å²) in [6, 6.07) is 10.6. The van der Waals surface area contributed by atoms with E-state index in [-0.39, 0.29) is 35.9 Å². The molecule has 2 N–H and O–H groups in total. The topological polar surface area (TPSA) is 50.4 Å². The van der Waals surface area contributed by atoms with Crippen molar-refractivity contribution in [3.8, 4) is 5.75 Å². The molecule has 2 aliphatic rings. The van der Waals surface area contributed by atoms with Gasteiger partial charge in [-0.15, -0.1) is 12.4 Å². The minimum absolute atomic E-state index is 0. The molecule has 1 saturated carbocycles. The quantitative estimate of drug-likeness (QED) is 0.810. The number of anilines is 1. The molecule has 0 radical (unpaired) electrons. The Morgan fingerprint density at radius 3 is 2.81 bits per heavy atom. The number of amides is 1. The number of ether oxygens (including phenoxy) is 1. The second-order valence-electron chi connectivity index (χ2n) is 7.00. The number of fused-ring (bicyclic) bond motifs is 1. The van der Waals surface area contributed by atoms with Crippen molar-refractivity contribution >= 4 is 24.0 Å². The molecule has 0 saturated heterocycles. The Hall–Kier alpha value is -2.11. The van der Waals surface area contributed by atoms with Crippen LogP contribution < -0.4 is 15.4 Å². The Kier molecular flexibility index (Phi) is 6.34. The Labute approximate surface area is 164 Å². The molecule has 2 aromatic rings. The van der Waals surface area contributed by atoms with Gasteiger partial charge in [0.15, 0.2) is 0 Å². The third-order valence-electron chi connectivity index (χ3n) is 5.16. The maximum Gasteiger partial charge on any atom is 0.255 e. The van der Waals surface area contributed by atoms with Crippen molar-refractivity contribution in [3.05, 3.63) is 58.9 Å². The van der Waals surface area contributed by atoms with Crippen molar-refractivity contribution in [2.24, 2.45) is 0 Å². The van der Waals surface area contributed by atoms with Gasteiger partial charge in [0.05, 0.1) is 11.8 Å². The molecular formula is C21H24ClFN2O2. The van der Waals surface area contributed by atoms with Crippen LogP contribution in [0.3, 0.4) is 0 Å². The normalized spacial score (nSPS) is 16.3. The van der Waals surface area contributed by atoms with Gasteiger partial charge < -0.3 is 15.4 Å². The van der Waals surface area contributed by atoms with Gasteiger partial charge in [0, 0.05) is 12.1 Å². The average Bonchev–Trinajstić information content (AvgIpc) is 3.17. The van der Waals surface area contributed by atoms with E-state index in [4.69, 9.17) is 4.74 Å². The number of hydrogen-bond acceptors (Lipinski definition) is 3. The first-order chi connectivity index (χ1) is 12.7. The molecule has 1 heterocycles. The zero-order valence-electron chi connectivity index (χ0n) is 15.1. The first-order valence-corrected chi connectivity index (χ1v) is 9.30. The molecule has 1 aliphatic carbocycles. The first-order valence-electron chi connectivity index (χ1n) is 9.30. The summed E-state index contributed by atoms with van der Waals surface area (Å²) in [7, 11) is 0. The maximum absolute atomic E-state index is 14.7. The highest BCUT2D eigenvalue weighted by Crippen LogP contribution is 2.27. The van der Waals surface area contributed by atoms with Crippen molar-refractivity contribution in [2.45, 2.75) is 44.8 Å². The van der Waals surface area contributed by atoms with Crippen molar-refractivity contribution in [3.63, 3.8) is 0 Å². The van der Waals surface area contributed by atoms with Crippen molar-refractivity contribution < 1.29 is 13.9 Å². The number of benzene rings is 2. The third kappa shape index (κ3) is 4.42. The number of nitrogens with one attached hydrogen (secondary N) is 2. The summed E-state index contributed by atoms with van der Waals surface area (Å²) >= 11 is 0. The van der Waals surface area contributed by atoms with E-state index in [2.05, 4.69) is 10.6 Å². The van der Waals surface area contributed by atoms with E-state index in [1.807, 2.05) is 12.1 Å². The smallest absolute Gasteiger partial charge is 0.255 e. The fourth-order valence-corrected chi connectivity index (χ4v) is 3.73. The molecule has 0 bridgehead atoms. The standard InChI is InChI=1S/C21H23FN2O2.ClH/c22-20-18-10-11-23-13-15(18)8-9-19(20)24-21(25)14-4-3-7-17(12-14)26-16-5-1-2-6-16;/h3-4,7-9,12,16,23H,1-2,5-6,10-11,13H2,(H,24,25);1H. The highest BCUT2D eigenvalue weighted by molar-refractivity contribution is 6.04. The van der Waals surface area contributed by atoms with Gasteiger partial charge in [-0.25, -0.2) is 4.39 Å². The van der Waals surface area contributed by atoms with Crippen molar-refractivity contribution in [2.75, 3.05) is 11.9 Å². The highest BCUT2D eigenvalue weighted by atomic mass is 35.5. The van der Waals surface area contributed by atoms with Gasteiger partial charge in [0.1, 0.15) is 11.6 Å². The summed E-state index contributed by atoms with van der Waals surface area (Å²) in [4.78, 5) is 12.6. The van der Waals surface area contributed by atoms with Crippen LogP contribution in [0.2, 0.25) is 0 Å². The van der Waals surface area contributed by atoms with Crippen LogP contribution in [0, 0.1) is 5.82 Å². The van der Waals surface area contributed by atoms with Gasteiger partial charge >= 0.3 is 0 Å². The van der Waals surface area contributed by atoms with Gasteiger partial charge in [0.2, 0.25) is 0 Å². The molecule has 0 unspecified atom stereocenters. The van der Waals surface area contributed by atoms with Crippen LogP contribution in [-0.2, 0) is 13.0 Å². The summed E-state index contributed by atoms with van der Waals surface area (Å²) in [5.41, 5.74) is 2.36. The Morgan fingerprint density at radius 1 is 1.19 bits per heavy atom. The Bertz CT molecular complexity index is 822. The van der Waals surface area contributed by atoms with Crippen LogP contribution in [0.15, 0.2) is 36.4 Å². The van der Waals surface area contributed by atoms with Gasteiger partial charge in [-0.1, -0.05) is 12.1 Å². The highest BCUT2D eigenvalue weighted by Gasteiger charge is 2.19. The molecule has 1 fully saturated rings. The fourth-order valence-electron chi connectivity index (χ4n) is 3.73. The molecule has 4 rings (SSSR count). The van der Waals surface area contributed by atoms with Crippen LogP contribution in [0.4, 0.5) is 10.1 Å². The molecular weight excluding hydrogens is 367 g/mol. The summed E-state index contributed by atoms with van der Waals surface area (Å²) < 4.78 is 20.7. The number of carbonyl (C=O) groups excluding carboxylic acids is 1. The summed E-state index contributed by atoms with van der Waals surface area (Å²) in [6.45, 7) is 1.42. The predicted molar refractivity (Wildman–Crippen MR) is 106 cm³/mol. The van der Waals surface area contributed by atoms with E-state index in [0.29, 0.717) is 29.8 Å². The maximum atomic E-state index is 14.7. The molecule has 0 spiro atoms. The monoisotopic (exact) mass is 390 g/mol. The molecule has 0 aromatic heterocycles. The summed E-state index contributed by atoms with van der Waals surface area (Å²) in [5, 5.41) is 5.93. The molecule has 2 aromatic carbocycles. The molecule has 27 heavy (non-hydrogen) atoms. The summed E-state index contributed by atoms with van der Waals surface area (Å²) in [6.07, 6.45) is 5.38. The van der Waals surface area contributed by atoms with Gasteiger partial charge in [-0.3, -0.25) is 4.79 Å². The van der Waals surface area contributed by atoms with E-state index >= 15 is 0 Å². The lowest BCUT2D eigenvalue weighted by molar-refractivity contribution is 0.102. The van der Waals surface area contributed by atoms with Crippen LogP contribution in [0.1, 0.15) is 47.2 Å². The van der Waals surface area contributed by atoms with E-state index < -0.39 is 0 Å². The second kappa shape index (κ2) is 8.72. The first kappa shape index (κ1) is 19.6. The zero-order chi connectivity index (χ0) is 17.9. The lowest BCUT2D eigenvalue weighted by Crippen LogP contribution is -2.25. The van der Waals surface area contributed by atoms with Gasteiger partial charge in [-0.05, 0) is 74.0 Å². The van der Waals surface area contributed by atoms with Crippen molar-refractivity contribution in [1.82, 2.24) is 5.32 Å². The molecule has 4 nitrogen and oxygen atoms in total. The predicted octanol–water partition coefficient (Wildman–Crippen LogP) is 4.47. The van der Waals surface area contributed by atoms with E-state index in [1.165, 1.54) is 12.8 Å². The lowest BCUT2D eigenvalue weighted by atomic mass is 9.99. The molecule has 0 atom stereocenters. The number of carbonyl (C=O) groups is 1. The van der Waals surface area contributed by atoms with Crippen LogP contribution in [-0.4, -0.2) is 18.6 Å². The zero-order valence-corrected chi connectivity index (χ0v) is 15.9. The molecule has 144 valence electrons. The SMILES string of the molecule is Cl.O=C(Nc1ccc2c(c1F)CCNC2)c1cccc(OC2CCCC2)c1. The third-order valence-corrected chi connectivity index (χ3v) is 5.16. The van der Waals surface area contributed by atoms with Crippen LogP contribution >= 0.6 is 12.4 Å². The summed E-state index contributed by atoms with van der Waals surface area (Å²) in [5.74, 6) is 0.0481. The number of rotatable bonds is 4. The van der Waals surface area contributed by atoms with Crippen LogP contribution in [0.5, 0.6) is 5.75 Å². The van der Waals surface area contributed by atoms with E-state index in [9.17, 15) is 9.18 Å². The largest absolute Gasteiger partial charge is 0.490 e. The van der Waals surface area contributed by atoms with Crippen molar-refractivity contribution in [1.29, 1.82) is 0 Å². The molecule has 1 aliphatic heterocycles. The van der Waals surface area contributed by atoms with Crippen LogP contribution in [0.25, 0.3) is 0 Å². The average molecular weight is 391 g/mol.